The Morgan fingerprint density at radius 2 is 1.45 bits per heavy atom. The van der Waals surface area contributed by atoms with Crippen LogP contribution < -0.4 is 24.8 Å². The van der Waals surface area contributed by atoms with E-state index < -0.39 is 0 Å². The molecule has 2 atom stereocenters. The summed E-state index contributed by atoms with van der Waals surface area (Å²) in [6.45, 7) is 6.33. The van der Waals surface area contributed by atoms with E-state index in [0.29, 0.717) is 11.8 Å². The van der Waals surface area contributed by atoms with Gasteiger partial charge >= 0.3 is 26.2 Å². The molecule has 0 amide bonds. The van der Waals surface area contributed by atoms with E-state index in [1.165, 1.54) is 33.4 Å². The van der Waals surface area contributed by atoms with Crippen LogP contribution in [0.15, 0.2) is 110 Å². The van der Waals surface area contributed by atoms with Crippen molar-refractivity contribution in [3.05, 3.63) is 132 Å². The molecule has 0 N–H and O–H groups in total. The van der Waals surface area contributed by atoms with Crippen LogP contribution in [-0.4, -0.2) is 0 Å². The van der Waals surface area contributed by atoms with Crippen molar-refractivity contribution < 1.29 is 51.0 Å². The van der Waals surface area contributed by atoms with E-state index >= 15 is 0 Å². The molecule has 2 aliphatic carbocycles. The molecule has 0 heterocycles. The molecule has 0 fully saturated rings. The maximum absolute atomic E-state index is 4.08. The van der Waals surface area contributed by atoms with Gasteiger partial charge in [0.1, 0.15) is 0 Å². The number of hydrogen-bond acceptors (Lipinski definition) is 0. The molecule has 166 valence electrons. The summed E-state index contributed by atoms with van der Waals surface area (Å²) in [5, 5.41) is 0. The number of halogens is 2. The van der Waals surface area contributed by atoms with Crippen molar-refractivity contribution in [2.75, 3.05) is 0 Å². The van der Waals surface area contributed by atoms with Gasteiger partial charge in [0.15, 0.2) is 0 Å². The van der Waals surface area contributed by atoms with E-state index in [1.807, 2.05) is 0 Å². The molecule has 3 aromatic rings. The monoisotopic (exact) mass is 548 g/mol. The van der Waals surface area contributed by atoms with Crippen LogP contribution in [0.4, 0.5) is 0 Å². The summed E-state index contributed by atoms with van der Waals surface area (Å²) in [4.78, 5) is 0. The number of aryl methyl sites for hydroxylation is 1. The third-order valence-electron chi connectivity index (χ3n) is 7.09. The summed E-state index contributed by atoms with van der Waals surface area (Å²) in [5.41, 5.74) is 8.49. The van der Waals surface area contributed by atoms with Crippen molar-refractivity contribution in [1.29, 1.82) is 0 Å². The van der Waals surface area contributed by atoms with Crippen molar-refractivity contribution in [2.24, 2.45) is 5.92 Å². The summed E-state index contributed by atoms with van der Waals surface area (Å²) in [5.74, 6) is 0.660. The molecule has 5 rings (SSSR count). The summed E-state index contributed by atoms with van der Waals surface area (Å²) < 4.78 is 0. The zero-order valence-corrected chi connectivity index (χ0v) is 22.8. The first kappa shape index (κ1) is 27.6. The fourth-order valence-corrected chi connectivity index (χ4v) is 5.87. The van der Waals surface area contributed by atoms with Gasteiger partial charge in [-0.25, -0.2) is 0 Å². The summed E-state index contributed by atoms with van der Waals surface area (Å²) >= 11 is 0. The second kappa shape index (κ2) is 11.7. The molecule has 33 heavy (non-hydrogen) atoms. The van der Waals surface area contributed by atoms with E-state index in [0.717, 1.165) is 12.8 Å². The van der Waals surface area contributed by atoms with Crippen molar-refractivity contribution in [1.82, 2.24) is 0 Å². The first-order valence-corrected chi connectivity index (χ1v) is 11.0. The molecule has 0 aliphatic heterocycles. The minimum absolute atomic E-state index is 0. The maximum atomic E-state index is 4.08. The number of fused-ring (bicyclic) bond motifs is 3. The molecule has 0 saturated heterocycles. The first-order valence-electron chi connectivity index (χ1n) is 11.0. The molecule has 0 aromatic heterocycles. The van der Waals surface area contributed by atoms with Crippen LogP contribution in [0.25, 0.3) is 11.1 Å². The van der Waals surface area contributed by atoms with E-state index in [9.17, 15) is 0 Å². The molecule has 0 spiro atoms. The van der Waals surface area contributed by atoms with E-state index in [4.69, 9.17) is 0 Å². The molecule has 2 unspecified atom stereocenters. The minimum atomic E-state index is -0.0614. The second-order valence-electron chi connectivity index (χ2n) is 8.59. The van der Waals surface area contributed by atoms with Crippen LogP contribution in [-0.2, 0) is 31.6 Å². The van der Waals surface area contributed by atoms with Gasteiger partial charge in [-0.2, -0.15) is 0 Å². The molecule has 0 nitrogen and oxygen atoms in total. The van der Waals surface area contributed by atoms with Crippen molar-refractivity contribution in [3.63, 3.8) is 0 Å². The second-order valence-corrected chi connectivity index (χ2v) is 8.59. The molecule has 3 aromatic carbocycles. The van der Waals surface area contributed by atoms with Gasteiger partial charge in [0.2, 0.25) is 0 Å². The van der Waals surface area contributed by atoms with Gasteiger partial charge < -0.3 is 24.8 Å². The van der Waals surface area contributed by atoms with Gasteiger partial charge in [0.05, 0.1) is 0 Å². The zero-order chi connectivity index (χ0) is 20.6. The molecule has 2 aliphatic rings. The van der Waals surface area contributed by atoms with E-state index in [2.05, 4.69) is 117 Å². The molecular formula is C30H28Cl2Zr. The average Bonchev–Trinajstić information content (AvgIpc) is 3.43. The molecule has 0 saturated carbocycles. The maximum Gasteiger partial charge on any atom is 2.00 e. The summed E-state index contributed by atoms with van der Waals surface area (Å²) in [7, 11) is 0. The van der Waals surface area contributed by atoms with E-state index in [-0.39, 0.29) is 56.4 Å². The Morgan fingerprint density at radius 3 is 2.15 bits per heavy atom. The third kappa shape index (κ3) is 4.53. The molecular weight excluding hydrogens is 522 g/mol. The fourth-order valence-electron chi connectivity index (χ4n) is 5.87. The van der Waals surface area contributed by atoms with Gasteiger partial charge in [-0.15, -0.1) is 6.58 Å². The van der Waals surface area contributed by atoms with Gasteiger partial charge in [-0.3, -0.25) is 0 Å². The molecule has 3 heteroatoms. The quantitative estimate of drug-likeness (QED) is 0.411. The standard InChI is InChI=1S/C30H28.2ClH.Zr/c1-3-4-21-30(24-16-8-9-17-24,23-14-6-5-7-15-23)29-26-19-11-10-18-25(26)28-22(2)13-12-20-27(28)29;;;/h3,5-20,24,29H,1,4,21H2,2H3;2*1H;/q;;;+2/p-2. The predicted molar refractivity (Wildman–Crippen MR) is 128 cm³/mol. The number of allylic oxidation sites excluding steroid dienone is 5. The predicted octanol–water partition coefficient (Wildman–Crippen LogP) is 1.76. The fraction of sp³-hybridized carbons (Fsp3) is 0.200. The Labute approximate surface area is 229 Å². The van der Waals surface area contributed by atoms with Crippen LogP contribution in [0.5, 0.6) is 0 Å². The molecule has 0 bridgehead atoms. The van der Waals surface area contributed by atoms with Gasteiger partial charge in [0.25, 0.3) is 0 Å². The Balaban J connectivity index is 0.00000128. The number of rotatable bonds is 6. The Morgan fingerprint density at radius 1 is 0.818 bits per heavy atom. The Bertz CT molecular complexity index is 1140. The number of hydrogen-bond donors (Lipinski definition) is 0. The van der Waals surface area contributed by atoms with Crippen LogP contribution in [0, 0.1) is 12.8 Å². The van der Waals surface area contributed by atoms with Crippen molar-refractivity contribution >= 4 is 0 Å². The first-order chi connectivity index (χ1) is 14.8. The SMILES string of the molecule is C=CCCC(c1ccccc1)(C1C=CC=C1)C1c2ccccc2-c2c(C)cccc21.[Cl-].[Cl-].[Zr+2]. The van der Waals surface area contributed by atoms with Gasteiger partial charge in [-0.05, 0) is 53.1 Å². The van der Waals surface area contributed by atoms with Gasteiger partial charge in [0, 0.05) is 17.3 Å². The van der Waals surface area contributed by atoms with Crippen LogP contribution in [0.1, 0.15) is 41.0 Å². The van der Waals surface area contributed by atoms with Crippen LogP contribution >= 0.6 is 0 Å². The zero-order valence-electron chi connectivity index (χ0n) is 18.8. The topological polar surface area (TPSA) is 0 Å². The normalized spacial score (nSPS) is 17.1. The van der Waals surface area contributed by atoms with Gasteiger partial charge in [-0.1, -0.05) is 103 Å². The van der Waals surface area contributed by atoms with Crippen molar-refractivity contribution in [3.8, 4) is 11.1 Å². The van der Waals surface area contributed by atoms with Crippen molar-refractivity contribution in [2.45, 2.75) is 31.1 Å². The van der Waals surface area contributed by atoms with Crippen LogP contribution in [0.3, 0.4) is 0 Å². The number of benzene rings is 3. The Hall–Kier alpha value is -1.66. The summed E-state index contributed by atoms with van der Waals surface area (Å²) in [6, 6.07) is 27.1. The summed E-state index contributed by atoms with van der Waals surface area (Å²) in [6.07, 6.45) is 13.4. The average molecular weight is 551 g/mol. The minimum Gasteiger partial charge on any atom is -1.00 e. The molecule has 0 radical (unpaired) electrons. The van der Waals surface area contributed by atoms with E-state index in [1.54, 1.807) is 0 Å². The Kier molecular flexibility index (Phi) is 9.74. The van der Waals surface area contributed by atoms with Crippen LogP contribution in [0.2, 0.25) is 0 Å². The largest absolute Gasteiger partial charge is 2.00 e. The smallest absolute Gasteiger partial charge is 1.00 e. The third-order valence-corrected chi connectivity index (χ3v) is 7.09.